The molecule has 0 radical (unpaired) electrons. The summed E-state index contributed by atoms with van der Waals surface area (Å²) >= 11 is 0. The number of hydrogen-bond donors (Lipinski definition) is 0. The van der Waals surface area contributed by atoms with Gasteiger partial charge < -0.3 is 9.47 Å². The number of esters is 1. The van der Waals surface area contributed by atoms with Crippen LogP contribution in [0, 0.1) is 20.8 Å². The maximum absolute atomic E-state index is 11.9. The molecule has 0 aliphatic carbocycles. The number of benzene rings is 2. The zero-order chi connectivity index (χ0) is 15.9. The van der Waals surface area contributed by atoms with Gasteiger partial charge in [0.25, 0.3) is 0 Å². The minimum Gasteiger partial charge on any atom is -0.426 e. The third-order valence-electron chi connectivity index (χ3n) is 3.38. The molecule has 2 aromatic carbocycles. The zero-order valence-corrected chi connectivity index (χ0v) is 13.4. The van der Waals surface area contributed by atoms with Gasteiger partial charge in [0, 0.05) is 0 Å². The van der Waals surface area contributed by atoms with E-state index in [2.05, 4.69) is 0 Å². The van der Waals surface area contributed by atoms with Gasteiger partial charge in [0.1, 0.15) is 5.75 Å². The van der Waals surface area contributed by atoms with Crippen molar-refractivity contribution in [1.29, 1.82) is 0 Å². The van der Waals surface area contributed by atoms with Gasteiger partial charge in [-0.25, -0.2) is 0 Å². The summed E-state index contributed by atoms with van der Waals surface area (Å²) in [4.78, 5) is 11.9. The largest absolute Gasteiger partial charge is 0.426 e. The first kappa shape index (κ1) is 16.2. The summed E-state index contributed by atoms with van der Waals surface area (Å²) in [6, 6.07) is 13.9. The third kappa shape index (κ3) is 4.71. The van der Waals surface area contributed by atoms with Crippen molar-refractivity contribution in [3.8, 4) is 5.75 Å². The van der Waals surface area contributed by atoms with Crippen molar-refractivity contribution in [2.24, 2.45) is 0 Å². The second kappa shape index (κ2) is 7.76. The fraction of sp³-hybridized carbons (Fsp3) is 0.316. The Balaban J connectivity index is 1.79. The molecule has 2 rings (SSSR count). The minimum absolute atomic E-state index is 0.250. The van der Waals surface area contributed by atoms with E-state index in [0.717, 1.165) is 16.7 Å². The zero-order valence-electron chi connectivity index (χ0n) is 13.4. The molecule has 116 valence electrons. The minimum atomic E-state index is -0.261. The van der Waals surface area contributed by atoms with E-state index in [-0.39, 0.29) is 12.4 Å². The molecule has 0 heterocycles. The lowest BCUT2D eigenvalue weighted by molar-refractivity contribution is -0.135. The maximum atomic E-state index is 11.9. The maximum Gasteiger partial charge on any atom is 0.313 e. The molecule has 0 amide bonds. The number of carbonyl (C=O) groups is 1. The van der Waals surface area contributed by atoms with Crippen molar-refractivity contribution in [2.75, 3.05) is 6.61 Å². The van der Waals surface area contributed by atoms with Crippen LogP contribution in [0.4, 0.5) is 0 Å². The average Bonchev–Trinajstić information content (AvgIpc) is 2.48. The number of ether oxygens (including phenoxy) is 2. The number of rotatable bonds is 6. The van der Waals surface area contributed by atoms with Crippen molar-refractivity contribution in [2.45, 2.75) is 33.8 Å². The molecule has 0 unspecified atom stereocenters. The molecule has 0 bridgehead atoms. The van der Waals surface area contributed by atoms with Crippen molar-refractivity contribution in [3.05, 3.63) is 64.7 Å². The molecule has 3 heteroatoms. The Morgan fingerprint density at radius 1 is 1.00 bits per heavy atom. The van der Waals surface area contributed by atoms with Crippen LogP contribution in [0.3, 0.4) is 0 Å². The molecule has 0 aliphatic rings. The van der Waals surface area contributed by atoms with Crippen molar-refractivity contribution < 1.29 is 14.3 Å². The Hall–Kier alpha value is -2.13. The van der Waals surface area contributed by atoms with Crippen LogP contribution in [-0.4, -0.2) is 12.6 Å². The van der Waals surface area contributed by atoms with Crippen molar-refractivity contribution in [3.63, 3.8) is 0 Å². The SMILES string of the molecule is Cc1cc(C)c(OC(=O)CCOCc2ccccc2)c(C)c1. The summed E-state index contributed by atoms with van der Waals surface area (Å²) in [6.45, 7) is 6.81. The van der Waals surface area contributed by atoms with Crippen molar-refractivity contribution in [1.82, 2.24) is 0 Å². The van der Waals surface area contributed by atoms with E-state index >= 15 is 0 Å². The molecule has 0 saturated carbocycles. The van der Waals surface area contributed by atoms with Crippen molar-refractivity contribution >= 4 is 5.97 Å². The highest BCUT2D eigenvalue weighted by atomic mass is 16.5. The summed E-state index contributed by atoms with van der Waals surface area (Å²) in [5.74, 6) is 0.404. The summed E-state index contributed by atoms with van der Waals surface area (Å²) < 4.78 is 11.0. The quantitative estimate of drug-likeness (QED) is 0.457. The molecule has 0 N–H and O–H groups in total. The lowest BCUT2D eigenvalue weighted by Crippen LogP contribution is -2.12. The van der Waals surface area contributed by atoms with Gasteiger partial charge in [0.05, 0.1) is 19.6 Å². The van der Waals surface area contributed by atoms with Crippen LogP contribution in [0.2, 0.25) is 0 Å². The van der Waals surface area contributed by atoms with E-state index in [4.69, 9.17) is 9.47 Å². The van der Waals surface area contributed by atoms with Crippen LogP contribution in [0.15, 0.2) is 42.5 Å². The van der Waals surface area contributed by atoms with E-state index in [0.29, 0.717) is 19.0 Å². The van der Waals surface area contributed by atoms with Crippen LogP contribution in [0.25, 0.3) is 0 Å². The highest BCUT2D eigenvalue weighted by molar-refractivity contribution is 5.73. The Morgan fingerprint density at radius 3 is 2.27 bits per heavy atom. The lowest BCUT2D eigenvalue weighted by Gasteiger charge is -2.11. The van der Waals surface area contributed by atoms with Crippen LogP contribution in [0.5, 0.6) is 5.75 Å². The molecule has 0 fully saturated rings. The fourth-order valence-corrected chi connectivity index (χ4v) is 2.41. The van der Waals surface area contributed by atoms with Gasteiger partial charge in [0.2, 0.25) is 0 Å². The summed E-state index contributed by atoms with van der Waals surface area (Å²) in [5.41, 5.74) is 4.23. The van der Waals surface area contributed by atoms with Gasteiger partial charge >= 0.3 is 5.97 Å². The van der Waals surface area contributed by atoms with Gasteiger partial charge in [0.15, 0.2) is 0 Å². The first-order valence-electron chi connectivity index (χ1n) is 7.46. The predicted octanol–water partition coefficient (Wildman–Crippen LogP) is 4.12. The van der Waals surface area contributed by atoms with E-state index in [1.165, 1.54) is 5.56 Å². The standard InChI is InChI=1S/C19H22O3/c1-14-11-15(2)19(16(3)12-14)22-18(20)9-10-21-13-17-7-5-4-6-8-17/h4-8,11-12H,9-10,13H2,1-3H3. The van der Waals surface area contributed by atoms with Gasteiger partial charge in [-0.15, -0.1) is 0 Å². The molecule has 3 nitrogen and oxygen atoms in total. The number of hydrogen-bond acceptors (Lipinski definition) is 3. The Bertz CT molecular complexity index is 609. The molecule has 0 atom stereocenters. The lowest BCUT2D eigenvalue weighted by atomic mass is 10.1. The monoisotopic (exact) mass is 298 g/mol. The van der Waals surface area contributed by atoms with Gasteiger partial charge in [-0.05, 0) is 37.5 Å². The second-order valence-electron chi connectivity index (χ2n) is 5.49. The first-order chi connectivity index (χ1) is 10.6. The third-order valence-corrected chi connectivity index (χ3v) is 3.38. The molecule has 0 spiro atoms. The normalized spacial score (nSPS) is 10.5. The molecular formula is C19H22O3. The Kier molecular flexibility index (Phi) is 5.73. The predicted molar refractivity (Wildman–Crippen MR) is 87.0 cm³/mol. The second-order valence-corrected chi connectivity index (χ2v) is 5.49. The topological polar surface area (TPSA) is 35.5 Å². The molecule has 2 aromatic rings. The Labute approximate surface area is 131 Å². The van der Waals surface area contributed by atoms with Gasteiger partial charge in [-0.2, -0.15) is 0 Å². The van der Waals surface area contributed by atoms with E-state index in [1.807, 2.05) is 63.2 Å². The highest BCUT2D eigenvalue weighted by Gasteiger charge is 2.10. The van der Waals surface area contributed by atoms with E-state index in [1.54, 1.807) is 0 Å². The van der Waals surface area contributed by atoms with Crippen LogP contribution in [-0.2, 0) is 16.1 Å². The average molecular weight is 298 g/mol. The number of aryl methyl sites for hydroxylation is 3. The first-order valence-corrected chi connectivity index (χ1v) is 7.46. The molecular weight excluding hydrogens is 276 g/mol. The molecule has 0 saturated heterocycles. The summed E-state index contributed by atoms with van der Waals surface area (Å²) in [7, 11) is 0. The molecule has 22 heavy (non-hydrogen) atoms. The van der Waals surface area contributed by atoms with E-state index < -0.39 is 0 Å². The van der Waals surface area contributed by atoms with Gasteiger partial charge in [-0.1, -0.05) is 48.0 Å². The van der Waals surface area contributed by atoms with Gasteiger partial charge in [-0.3, -0.25) is 4.79 Å². The molecule has 0 aliphatic heterocycles. The summed E-state index contributed by atoms with van der Waals surface area (Å²) in [6.07, 6.45) is 0.250. The Morgan fingerprint density at radius 2 is 1.64 bits per heavy atom. The molecule has 0 aromatic heterocycles. The van der Waals surface area contributed by atoms with Crippen LogP contribution in [0.1, 0.15) is 28.7 Å². The van der Waals surface area contributed by atoms with Crippen LogP contribution < -0.4 is 4.74 Å². The smallest absolute Gasteiger partial charge is 0.313 e. The summed E-state index contributed by atoms with van der Waals surface area (Å²) in [5, 5.41) is 0. The fourth-order valence-electron chi connectivity index (χ4n) is 2.41. The van der Waals surface area contributed by atoms with E-state index in [9.17, 15) is 4.79 Å². The number of carbonyl (C=O) groups excluding carboxylic acids is 1. The van der Waals surface area contributed by atoms with Crippen LogP contribution >= 0.6 is 0 Å². The highest BCUT2D eigenvalue weighted by Crippen LogP contribution is 2.24.